The lowest BCUT2D eigenvalue weighted by atomic mass is 10.4. The number of ether oxygens (including phenoxy) is 1. The van der Waals surface area contributed by atoms with E-state index in [4.69, 9.17) is 4.74 Å². The Labute approximate surface area is 94.9 Å². The normalized spacial score (nSPS) is 10.3. The summed E-state index contributed by atoms with van der Waals surface area (Å²) in [6.45, 7) is 16.0. The molecule has 0 unspecified atom stereocenters. The van der Waals surface area contributed by atoms with Crippen LogP contribution in [0.25, 0.3) is 0 Å². The average molecular weight is 211 g/mol. The van der Waals surface area contributed by atoms with Crippen LogP contribution in [0.15, 0.2) is 37.1 Å². The average Bonchev–Trinajstić information content (AvgIpc) is 2.30. The molecule has 0 N–H and O–H groups in total. The minimum absolute atomic E-state index is 0.691. The van der Waals surface area contributed by atoms with Crippen LogP contribution in [0.4, 0.5) is 0 Å². The molecule has 88 valence electrons. The van der Waals surface area contributed by atoms with Crippen LogP contribution >= 0.6 is 0 Å². The molecule has 0 fully saturated rings. The van der Waals surface area contributed by atoms with E-state index in [0.29, 0.717) is 6.61 Å². The third kappa shape index (κ3) is 10.9. The van der Waals surface area contributed by atoms with Gasteiger partial charge in [-0.25, -0.2) is 0 Å². The molecule has 0 aliphatic carbocycles. The Morgan fingerprint density at radius 1 is 1.33 bits per heavy atom. The van der Waals surface area contributed by atoms with Gasteiger partial charge in [-0.1, -0.05) is 40.0 Å². The van der Waals surface area contributed by atoms with Gasteiger partial charge in [-0.05, 0) is 25.7 Å². The fourth-order valence-electron chi connectivity index (χ4n) is 0.769. The van der Waals surface area contributed by atoms with E-state index in [9.17, 15) is 0 Å². The molecule has 0 saturated carbocycles. The van der Waals surface area contributed by atoms with E-state index >= 15 is 0 Å². The van der Waals surface area contributed by atoms with Crippen LogP contribution in [0.1, 0.15) is 20.8 Å². The summed E-state index contributed by atoms with van der Waals surface area (Å²) in [7, 11) is 2.06. The van der Waals surface area contributed by atoms with E-state index in [1.165, 1.54) is 0 Å². The van der Waals surface area contributed by atoms with Crippen LogP contribution in [-0.4, -0.2) is 31.6 Å². The number of nitrogens with zero attached hydrogens (tertiary/aromatic N) is 1. The first-order valence-corrected chi connectivity index (χ1v) is 5.51. The Kier molecular flexibility index (Phi) is 14.2. The SMILES string of the molecule is C=C/C=C(\C=C)OCCN(C)CC.CC. The van der Waals surface area contributed by atoms with Crippen LogP contribution in [0.3, 0.4) is 0 Å². The van der Waals surface area contributed by atoms with Crippen molar-refractivity contribution >= 4 is 0 Å². The van der Waals surface area contributed by atoms with E-state index in [2.05, 4.69) is 32.0 Å². The zero-order chi connectivity index (χ0) is 12.1. The molecule has 2 nitrogen and oxygen atoms in total. The molecule has 0 aromatic heterocycles. The lowest BCUT2D eigenvalue weighted by Gasteiger charge is -2.14. The number of allylic oxidation sites excluding steroid dienone is 3. The van der Waals surface area contributed by atoms with E-state index in [-0.39, 0.29) is 0 Å². The van der Waals surface area contributed by atoms with Gasteiger partial charge in [0.05, 0.1) is 0 Å². The molecule has 15 heavy (non-hydrogen) atoms. The van der Waals surface area contributed by atoms with Crippen molar-refractivity contribution in [2.75, 3.05) is 26.7 Å². The van der Waals surface area contributed by atoms with Gasteiger partial charge < -0.3 is 9.64 Å². The zero-order valence-electron chi connectivity index (χ0n) is 10.6. The summed E-state index contributed by atoms with van der Waals surface area (Å²) in [6, 6.07) is 0. The van der Waals surface area contributed by atoms with Crippen molar-refractivity contribution in [2.24, 2.45) is 0 Å². The smallest absolute Gasteiger partial charge is 0.118 e. The lowest BCUT2D eigenvalue weighted by Crippen LogP contribution is -2.22. The zero-order valence-corrected chi connectivity index (χ0v) is 10.6. The Morgan fingerprint density at radius 3 is 2.33 bits per heavy atom. The topological polar surface area (TPSA) is 12.5 Å². The minimum atomic E-state index is 0.691. The predicted octanol–water partition coefficient (Wildman–Crippen LogP) is 3.24. The van der Waals surface area contributed by atoms with Crippen LogP contribution in [0.2, 0.25) is 0 Å². The van der Waals surface area contributed by atoms with Gasteiger partial charge in [-0.3, -0.25) is 0 Å². The van der Waals surface area contributed by atoms with Gasteiger partial charge in [0, 0.05) is 6.54 Å². The van der Waals surface area contributed by atoms with Crippen molar-refractivity contribution in [2.45, 2.75) is 20.8 Å². The summed E-state index contributed by atoms with van der Waals surface area (Å²) in [4.78, 5) is 2.19. The van der Waals surface area contributed by atoms with E-state index in [1.54, 1.807) is 18.2 Å². The summed E-state index contributed by atoms with van der Waals surface area (Å²) in [5.41, 5.74) is 0. The van der Waals surface area contributed by atoms with Crippen molar-refractivity contribution < 1.29 is 4.74 Å². The summed E-state index contributed by atoms with van der Waals surface area (Å²) in [6.07, 6.45) is 5.19. The molecule has 0 aromatic rings. The molecule has 0 aliphatic rings. The predicted molar refractivity (Wildman–Crippen MR) is 68.9 cm³/mol. The van der Waals surface area contributed by atoms with Crippen molar-refractivity contribution in [3.8, 4) is 0 Å². The highest BCUT2D eigenvalue weighted by molar-refractivity contribution is 5.14. The Morgan fingerprint density at radius 2 is 1.93 bits per heavy atom. The molecule has 0 amide bonds. The maximum atomic E-state index is 5.43. The number of rotatable bonds is 7. The summed E-state index contributed by atoms with van der Waals surface area (Å²) in [5.74, 6) is 0.777. The van der Waals surface area contributed by atoms with Gasteiger partial charge in [0.15, 0.2) is 0 Å². The Balaban J connectivity index is 0. The fraction of sp³-hybridized carbons (Fsp3) is 0.538. The molecule has 0 spiro atoms. The van der Waals surface area contributed by atoms with E-state index in [1.807, 2.05) is 13.8 Å². The highest BCUT2D eigenvalue weighted by Crippen LogP contribution is 1.98. The van der Waals surface area contributed by atoms with Gasteiger partial charge >= 0.3 is 0 Å². The third-order valence-electron chi connectivity index (χ3n) is 1.76. The number of likely N-dealkylation sites (N-methyl/N-ethyl adjacent to an activating group) is 1. The summed E-state index contributed by atoms with van der Waals surface area (Å²) < 4.78 is 5.43. The third-order valence-corrected chi connectivity index (χ3v) is 1.76. The van der Waals surface area contributed by atoms with Gasteiger partial charge in [0.25, 0.3) is 0 Å². The van der Waals surface area contributed by atoms with Gasteiger partial charge in [0.1, 0.15) is 12.4 Å². The molecule has 2 heteroatoms. The highest BCUT2D eigenvalue weighted by Gasteiger charge is 1.95. The molecule has 0 aliphatic heterocycles. The second-order valence-electron chi connectivity index (χ2n) is 2.75. The van der Waals surface area contributed by atoms with E-state index in [0.717, 1.165) is 18.8 Å². The van der Waals surface area contributed by atoms with Crippen LogP contribution in [0.5, 0.6) is 0 Å². The number of hydrogen-bond donors (Lipinski definition) is 0. The quantitative estimate of drug-likeness (QED) is 0.473. The first-order valence-electron chi connectivity index (χ1n) is 5.51. The Hall–Kier alpha value is -1.02. The second-order valence-corrected chi connectivity index (χ2v) is 2.75. The summed E-state index contributed by atoms with van der Waals surface area (Å²) >= 11 is 0. The lowest BCUT2D eigenvalue weighted by molar-refractivity contribution is 0.183. The van der Waals surface area contributed by atoms with Gasteiger partial charge in [0.2, 0.25) is 0 Å². The van der Waals surface area contributed by atoms with Crippen LogP contribution in [-0.2, 0) is 4.74 Å². The Bertz CT molecular complexity index is 185. The molecule has 0 atom stereocenters. The molecule has 0 radical (unpaired) electrons. The van der Waals surface area contributed by atoms with E-state index < -0.39 is 0 Å². The molecule has 0 bridgehead atoms. The molecular weight excluding hydrogens is 186 g/mol. The second kappa shape index (κ2) is 13.0. The largest absolute Gasteiger partial charge is 0.492 e. The first kappa shape index (κ1) is 16.4. The molecular formula is C13H25NO. The van der Waals surface area contributed by atoms with Crippen LogP contribution < -0.4 is 0 Å². The molecule has 0 aromatic carbocycles. The van der Waals surface area contributed by atoms with Crippen LogP contribution in [0, 0.1) is 0 Å². The van der Waals surface area contributed by atoms with Crippen molar-refractivity contribution in [3.05, 3.63) is 37.1 Å². The van der Waals surface area contributed by atoms with Crippen molar-refractivity contribution in [3.63, 3.8) is 0 Å². The van der Waals surface area contributed by atoms with Gasteiger partial charge in [-0.15, -0.1) is 0 Å². The standard InChI is InChI=1S/C11H19NO.C2H6/c1-5-8-11(6-2)13-10-9-12(4)7-3;1-2/h5-6,8H,1-2,7,9-10H2,3-4H3;1-2H3/b11-8+;. The van der Waals surface area contributed by atoms with Crippen molar-refractivity contribution in [1.29, 1.82) is 0 Å². The minimum Gasteiger partial charge on any atom is -0.492 e. The maximum absolute atomic E-state index is 5.43. The number of hydrogen-bond acceptors (Lipinski definition) is 2. The highest BCUT2D eigenvalue weighted by atomic mass is 16.5. The molecule has 0 rings (SSSR count). The molecule has 0 saturated heterocycles. The maximum Gasteiger partial charge on any atom is 0.118 e. The molecule has 0 heterocycles. The van der Waals surface area contributed by atoms with Crippen molar-refractivity contribution in [1.82, 2.24) is 4.90 Å². The fourth-order valence-corrected chi connectivity index (χ4v) is 0.769. The van der Waals surface area contributed by atoms with Gasteiger partial charge in [-0.2, -0.15) is 0 Å². The first-order chi connectivity index (χ1) is 7.24. The monoisotopic (exact) mass is 211 g/mol. The summed E-state index contributed by atoms with van der Waals surface area (Å²) in [5, 5.41) is 0.